The maximum absolute atomic E-state index is 13.5. The number of aromatic nitrogens is 4. The highest BCUT2D eigenvalue weighted by molar-refractivity contribution is 6.76. The van der Waals surface area contributed by atoms with Crippen molar-refractivity contribution in [2.75, 3.05) is 6.61 Å². The first-order valence-electron chi connectivity index (χ1n) is 9.18. The lowest BCUT2D eigenvalue weighted by molar-refractivity contribution is 0.0777. The summed E-state index contributed by atoms with van der Waals surface area (Å²) in [6.45, 7) is 7.81. The zero-order chi connectivity index (χ0) is 20.1. The molecule has 0 saturated carbocycles. The summed E-state index contributed by atoms with van der Waals surface area (Å²) in [5, 5.41) is 20.9. The Morgan fingerprint density at radius 2 is 2.11 bits per heavy atom. The van der Waals surface area contributed by atoms with Crippen LogP contribution in [0.4, 0.5) is 4.39 Å². The molecule has 146 valence electrons. The van der Waals surface area contributed by atoms with Crippen molar-refractivity contribution in [3.63, 3.8) is 0 Å². The first-order chi connectivity index (χ1) is 13.4. The van der Waals surface area contributed by atoms with Gasteiger partial charge in [-0.2, -0.15) is 15.5 Å². The van der Waals surface area contributed by atoms with Crippen LogP contribution in [0.3, 0.4) is 0 Å². The summed E-state index contributed by atoms with van der Waals surface area (Å²) in [4.78, 5) is 0. The van der Waals surface area contributed by atoms with Gasteiger partial charge in [0.2, 0.25) is 0 Å². The van der Waals surface area contributed by atoms with Crippen LogP contribution in [-0.2, 0) is 17.9 Å². The maximum atomic E-state index is 13.5. The molecule has 0 fully saturated rings. The van der Waals surface area contributed by atoms with E-state index in [9.17, 15) is 9.65 Å². The molecule has 0 aliphatic carbocycles. The number of rotatable bonds is 8. The average molecular weight is 398 g/mol. The van der Waals surface area contributed by atoms with Crippen LogP contribution in [0.15, 0.2) is 36.5 Å². The molecule has 28 heavy (non-hydrogen) atoms. The molecule has 2 aromatic heterocycles. The summed E-state index contributed by atoms with van der Waals surface area (Å²) >= 11 is 0. The first kappa shape index (κ1) is 20.0. The summed E-state index contributed by atoms with van der Waals surface area (Å²) in [6.07, 6.45) is 2.19. The lowest BCUT2D eigenvalue weighted by Crippen LogP contribution is -2.22. The van der Waals surface area contributed by atoms with Crippen LogP contribution in [0.1, 0.15) is 17.0 Å². The van der Waals surface area contributed by atoms with Crippen molar-refractivity contribution >= 4 is 8.07 Å². The molecule has 0 amide bonds. The van der Waals surface area contributed by atoms with Crippen LogP contribution in [0.2, 0.25) is 25.7 Å². The van der Waals surface area contributed by atoms with E-state index in [-0.39, 0.29) is 12.5 Å². The van der Waals surface area contributed by atoms with Gasteiger partial charge in [0.15, 0.2) is 0 Å². The van der Waals surface area contributed by atoms with Crippen LogP contribution < -0.4 is 0 Å². The Morgan fingerprint density at radius 1 is 1.29 bits per heavy atom. The Kier molecular flexibility index (Phi) is 6.07. The van der Waals surface area contributed by atoms with Crippen molar-refractivity contribution in [2.24, 2.45) is 0 Å². The molecule has 0 unspecified atom stereocenters. The second-order valence-corrected chi connectivity index (χ2v) is 13.6. The van der Waals surface area contributed by atoms with E-state index in [1.54, 1.807) is 23.0 Å². The monoisotopic (exact) mass is 397 g/mol. The highest BCUT2D eigenvalue weighted by Crippen LogP contribution is 2.24. The SMILES string of the molecule is C[Si](C)(C)CCOCn1nc(Cc2cn[nH]c2-c2cccc(F)c2)cc1C#N. The molecule has 3 aromatic rings. The molecule has 0 bridgehead atoms. The molecule has 0 aliphatic rings. The number of nitrogens with one attached hydrogen (secondary N) is 1. The molecular weight excluding hydrogens is 373 g/mol. The van der Waals surface area contributed by atoms with Gasteiger partial charge in [-0.3, -0.25) is 5.10 Å². The predicted octanol–water partition coefficient (Wildman–Crippen LogP) is 4.19. The molecule has 0 atom stereocenters. The minimum absolute atomic E-state index is 0.259. The van der Waals surface area contributed by atoms with Crippen molar-refractivity contribution in [1.29, 1.82) is 5.26 Å². The molecule has 0 radical (unpaired) electrons. The van der Waals surface area contributed by atoms with E-state index in [4.69, 9.17) is 4.74 Å². The minimum Gasteiger partial charge on any atom is -0.359 e. The van der Waals surface area contributed by atoms with Gasteiger partial charge < -0.3 is 4.74 Å². The van der Waals surface area contributed by atoms with Crippen LogP contribution in [-0.4, -0.2) is 34.7 Å². The average Bonchev–Trinajstić information content (AvgIpc) is 3.25. The number of hydrogen-bond donors (Lipinski definition) is 1. The highest BCUT2D eigenvalue weighted by Gasteiger charge is 2.15. The number of ether oxygens (including phenoxy) is 1. The minimum atomic E-state index is -1.15. The number of nitrogens with zero attached hydrogens (tertiary/aromatic N) is 4. The van der Waals surface area contributed by atoms with Gasteiger partial charge in [0, 0.05) is 32.2 Å². The number of benzene rings is 1. The molecule has 0 spiro atoms. The quantitative estimate of drug-likeness (QED) is 0.457. The van der Waals surface area contributed by atoms with Crippen LogP contribution >= 0.6 is 0 Å². The van der Waals surface area contributed by atoms with E-state index in [0.29, 0.717) is 18.7 Å². The van der Waals surface area contributed by atoms with E-state index in [1.165, 1.54) is 12.1 Å². The third-order valence-electron chi connectivity index (χ3n) is 4.36. The van der Waals surface area contributed by atoms with Gasteiger partial charge in [-0.05, 0) is 24.2 Å². The topological polar surface area (TPSA) is 79.5 Å². The normalized spacial score (nSPS) is 11.5. The first-order valence-corrected chi connectivity index (χ1v) is 12.9. The molecule has 0 saturated heterocycles. The van der Waals surface area contributed by atoms with E-state index < -0.39 is 8.07 Å². The number of hydrogen-bond acceptors (Lipinski definition) is 4. The van der Waals surface area contributed by atoms with Gasteiger partial charge in [-0.25, -0.2) is 9.07 Å². The largest absolute Gasteiger partial charge is 0.359 e. The fourth-order valence-electron chi connectivity index (χ4n) is 2.81. The predicted molar refractivity (Wildman–Crippen MR) is 108 cm³/mol. The van der Waals surface area contributed by atoms with Crippen molar-refractivity contribution in [1.82, 2.24) is 20.0 Å². The summed E-state index contributed by atoms with van der Waals surface area (Å²) in [5.74, 6) is -0.301. The fraction of sp³-hybridized carbons (Fsp3) is 0.350. The molecule has 8 heteroatoms. The Morgan fingerprint density at radius 3 is 2.82 bits per heavy atom. The molecule has 1 N–H and O–H groups in total. The number of nitriles is 1. The Bertz CT molecular complexity index is 983. The van der Waals surface area contributed by atoms with Gasteiger partial charge in [0.1, 0.15) is 24.3 Å². The van der Waals surface area contributed by atoms with Crippen molar-refractivity contribution in [3.05, 3.63) is 59.3 Å². The van der Waals surface area contributed by atoms with Crippen LogP contribution in [0.5, 0.6) is 0 Å². The maximum Gasteiger partial charge on any atom is 0.141 e. The van der Waals surface area contributed by atoms with Crippen LogP contribution in [0.25, 0.3) is 11.3 Å². The van der Waals surface area contributed by atoms with Crippen molar-refractivity contribution in [2.45, 2.75) is 38.8 Å². The lowest BCUT2D eigenvalue weighted by Gasteiger charge is -2.15. The molecule has 2 heterocycles. The molecule has 0 aliphatic heterocycles. The lowest BCUT2D eigenvalue weighted by atomic mass is 10.0. The highest BCUT2D eigenvalue weighted by atomic mass is 28.3. The Balaban J connectivity index is 1.72. The molecule has 1 aromatic carbocycles. The smallest absolute Gasteiger partial charge is 0.141 e. The number of halogens is 1. The van der Waals surface area contributed by atoms with Crippen LogP contribution in [0, 0.1) is 17.1 Å². The zero-order valence-corrected chi connectivity index (χ0v) is 17.4. The second kappa shape index (κ2) is 8.50. The standard InChI is InChI=1S/C20H24FN5OSi/c1-28(2,3)8-7-27-14-26-19(12-22)11-18(25-26)10-16-13-23-24-20(16)15-5-4-6-17(21)9-15/h4-6,9,11,13H,7-8,10,14H2,1-3H3,(H,23,24). The van der Waals surface area contributed by atoms with Crippen molar-refractivity contribution < 1.29 is 9.13 Å². The van der Waals surface area contributed by atoms with Gasteiger partial charge in [-0.1, -0.05) is 31.8 Å². The summed E-state index contributed by atoms with van der Waals surface area (Å²) in [6, 6.07) is 11.3. The summed E-state index contributed by atoms with van der Waals surface area (Å²) in [5.41, 5.74) is 3.56. The van der Waals surface area contributed by atoms with Gasteiger partial charge in [-0.15, -0.1) is 0 Å². The number of H-pyrrole nitrogens is 1. The summed E-state index contributed by atoms with van der Waals surface area (Å²) < 4.78 is 20.8. The third kappa shape index (κ3) is 5.15. The number of aromatic amines is 1. The zero-order valence-electron chi connectivity index (χ0n) is 16.4. The van der Waals surface area contributed by atoms with E-state index >= 15 is 0 Å². The molecule has 3 rings (SSSR count). The van der Waals surface area contributed by atoms with E-state index in [1.807, 2.05) is 6.07 Å². The van der Waals surface area contributed by atoms with Gasteiger partial charge in [0.25, 0.3) is 0 Å². The van der Waals surface area contributed by atoms with Crippen molar-refractivity contribution in [3.8, 4) is 17.3 Å². The second-order valence-electron chi connectivity index (χ2n) is 7.94. The fourth-order valence-corrected chi connectivity index (χ4v) is 3.57. The van der Waals surface area contributed by atoms with Gasteiger partial charge in [0.05, 0.1) is 17.6 Å². The van der Waals surface area contributed by atoms with E-state index in [2.05, 4.69) is 41.0 Å². The molecule has 6 nitrogen and oxygen atoms in total. The van der Waals surface area contributed by atoms with E-state index in [0.717, 1.165) is 28.6 Å². The Hall–Kier alpha value is -2.76. The van der Waals surface area contributed by atoms with Gasteiger partial charge >= 0.3 is 0 Å². The third-order valence-corrected chi connectivity index (χ3v) is 6.06. The summed E-state index contributed by atoms with van der Waals surface area (Å²) in [7, 11) is -1.15. The Labute approximate surface area is 165 Å². The molecular formula is C20H24FN5OSi.